The smallest absolute Gasteiger partial charge is 0.317 e. The van der Waals surface area contributed by atoms with Crippen LogP contribution in [0, 0.1) is 13.8 Å². The van der Waals surface area contributed by atoms with Crippen molar-refractivity contribution < 1.29 is 62.4 Å². The van der Waals surface area contributed by atoms with Crippen molar-refractivity contribution in [3.8, 4) is 11.5 Å². The molecule has 0 aromatic heterocycles. The Kier molecular flexibility index (Phi) is 12.0. The molecule has 1 aliphatic rings. The number of fused-ring (bicyclic) bond motifs is 1. The first kappa shape index (κ1) is 38.4. The monoisotopic (exact) mass is 695 g/mol. The maximum atomic E-state index is 13.5. The minimum absolute atomic E-state index is 0. The number of phenols is 2. The van der Waals surface area contributed by atoms with Gasteiger partial charge in [-0.15, -0.1) is 0 Å². The molecule has 3 aromatic rings. The van der Waals surface area contributed by atoms with Crippen LogP contribution >= 0.6 is 0 Å². The molecule has 48 heavy (non-hydrogen) atoms. The van der Waals surface area contributed by atoms with Crippen LogP contribution in [-0.4, -0.2) is 128 Å². The van der Waals surface area contributed by atoms with Crippen LogP contribution in [0.5, 0.6) is 11.5 Å². The Labute approximate surface area is 297 Å². The van der Waals surface area contributed by atoms with E-state index in [1.54, 1.807) is 6.07 Å². The molecule has 6 N–H and O–H groups in total. The quantitative estimate of drug-likeness (QED) is 0.103. The second kappa shape index (κ2) is 15.0. The Bertz CT molecular complexity index is 1750. The van der Waals surface area contributed by atoms with Crippen molar-refractivity contribution in [3.63, 3.8) is 0 Å². The van der Waals surface area contributed by atoms with E-state index in [1.807, 2.05) is 0 Å². The topological polar surface area (TPSA) is 240 Å². The Morgan fingerprint density at radius 3 is 1.44 bits per heavy atom. The predicted molar refractivity (Wildman–Crippen MR) is 167 cm³/mol. The number of carbonyl (C=O) groups is 4. The first-order valence-corrected chi connectivity index (χ1v) is 15.4. The van der Waals surface area contributed by atoms with Gasteiger partial charge in [-0.1, -0.05) is 18.2 Å². The number of aryl methyl sites for hydroxylation is 2. The molecule has 0 spiro atoms. The second-order valence-corrected chi connectivity index (χ2v) is 12.7. The number of hydrogen-bond donors (Lipinski definition) is 6. The minimum atomic E-state index is -4.45. The van der Waals surface area contributed by atoms with Gasteiger partial charge >= 0.3 is 23.9 Å². The SMILES string of the molecule is Cc1cc(C2(c3cc(C)c(O)c(CN(CC(=O)O)CC(=O)O)c3)OS(=O)(=O)c3ccccc32)cc(CN(CC(=O)O)CC(=O)O)c1O.[Na]. The van der Waals surface area contributed by atoms with Crippen molar-refractivity contribution in [2.75, 3.05) is 26.2 Å². The van der Waals surface area contributed by atoms with Gasteiger partial charge in [-0.05, 0) is 66.4 Å². The van der Waals surface area contributed by atoms with Crippen LogP contribution < -0.4 is 0 Å². The number of rotatable bonds is 14. The summed E-state index contributed by atoms with van der Waals surface area (Å²) in [7, 11) is -4.45. The summed E-state index contributed by atoms with van der Waals surface area (Å²) in [6.07, 6.45) is 0. The van der Waals surface area contributed by atoms with Crippen LogP contribution in [0.15, 0.2) is 53.4 Å². The number of aromatic hydroxyl groups is 2. The molecule has 1 radical (unpaired) electrons. The zero-order valence-corrected chi connectivity index (χ0v) is 29.0. The molecule has 0 atom stereocenters. The van der Waals surface area contributed by atoms with Crippen LogP contribution in [0.1, 0.15) is 38.9 Å². The fraction of sp³-hybridized carbons (Fsp3) is 0.290. The van der Waals surface area contributed by atoms with Crippen molar-refractivity contribution in [2.24, 2.45) is 0 Å². The van der Waals surface area contributed by atoms with Gasteiger partial charge in [0.2, 0.25) is 0 Å². The maximum Gasteiger partial charge on any atom is 0.317 e. The van der Waals surface area contributed by atoms with Gasteiger partial charge in [0, 0.05) is 59.3 Å². The number of carboxylic acid groups (broad SMARTS) is 4. The van der Waals surface area contributed by atoms with Gasteiger partial charge in [0.05, 0.1) is 26.2 Å². The molecule has 17 heteroatoms. The summed E-state index contributed by atoms with van der Waals surface area (Å²) >= 11 is 0. The molecule has 4 rings (SSSR count). The molecule has 251 valence electrons. The van der Waals surface area contributed by atoms with Crippen LogP contribution in [0.2, 0.25) is 0 Å². The third-order valence-corrected chi connectivity index (χ3v) is 8.93. The van der Waals surface area contributed by atoms with Gasteiger partial charge in [-0.3, -0.25) is 29.0 Å². The van der Waals surface area contributed by atoms with E-state index in [2.05, 4.69) is 0 Å². The second-order valence-electron chi connectivity index (χ2n) is 11.2. The van der Waals surface area contributed by atoms with Crippen molar-refractivity contribution in [1.82, 2.24) is 9.80 Å². The Morgan fingerprint density at radius 2 is 1.06 bits per heavy atom. The van der Waals surface area contributed by atoms with Crippen molar-refractivity contribution >= 4 is 63.6 Å². The van der Waals surface area contributed by atoms with Gasteiger partial charge in [0.1, 0.15) is 16.4 Å². The Balaban J connectivity index is 0.00000625. The molecule has 0 aliphatic carbocycles. The first-order chi connectivity index (χ1) is 21.9. The molecule has 3 aromatic carbocycles. The normalized spacial score (nSPS) is 14.3. The summed E-state index contributed by atoms with van der Waals surface area (Å²) in [5.41, 5.74) is -0.973. The van der Waals surface area contributed by atoms with E-state index in [9.17, 15) is 58.2 Å². The molecule has 0 saturated carbocycles. The fourth-order valence-corrected chi connectivity index (χ4v) is 7.17. The molecule has 0 bridgehead atoms. The van der Waals surface area contributed by atoms with E-state index in [1.165, 1.54) is 56.3 Å². The fourth-order valence-electron chi connectivity index (χ4n) is 5.74. The minimum Gasteiger partial charge on any atom is -0.507 e. The average molecular weight is 696 g/mol. The third-order valence-electron chi connectivity index (χ3n) is 7.57. The van der Waals surface area contributed by atoms with Crippen molar-refractivity contribution in [1.29, 1.82) is 0 Å². The van der Waals surface area contributed by atoms with E-state index in [0.29, 0.717) is 0 Å². The van der Waals surface area contributed by atoms with Crippen LogP contribution in [0.4, 0.5) is 0 Å². The van der Waals surface area contributed by atoms with Gasteiger partial charge in [0.15, 0.2) is 5.60 Å². The molecule has 0 amide bonds. The average Bonchev–Trinajstić information content (AvgIpc) is 3.20. The molecule has 0 saturated heterocycles. The van der Waals surface area contributed by atoms with Gasteiger partial charge < -0.3 is 30.6 Å². The summed E-state index contributed by atoms with van der Waals surface area (Å²) in [5, 5.41) is 59.3. The summed E-state index contributed by atoms with van der Waals surface area (Å²) in [6, 6.07) is 11.6. The van der Waals surface area contributed by atoms with Gasteiger partial charge in [-0.2, -0.15) is 8.42 Å². The predicted octanol–water partition coefficient (Wildman–Crippen LogP) is 1.29. The summed E-state index contributed by atoms with van der Waals surface area (Å²) in [4.78, 5) is 47.8. The number of carboxylic acids is 4. The molecular formula is C31H32N2NaO13S. The largest absolute Gasteiger partial charge is 0.507 e. The number of aliphatic carboxylic acids is 4. The number of hydrogen-bond acceptors (Lipinski definition) is 11. The molecular weight excluding hydrogens is 663 g/mol. The Hall–Kier alpha value is -4.03. The summed E-state index contributed by atoms with van der Waals surface area (Å²) in [5.74, 6) is -5.86. The first-order valence-electron chi connectivity index (χ1n) is 14.0. The van der Waals surface area contributed by atoms with Crippen LogP contribution in [-0.2, 0) is 52.2 Å². The van der Waals surface area contributed by atoms with Gasteiger partial charge in [0.25, 0.3) is 10.1 Å². The zero-order valence-electron chi connectivity index (χ0n) is 26.2. The van der Waals surface area contributed by atoms with Crippen molar-refractivity contribution in [2.45, 2.75) is 37.4 Å². The van der Waals surface area contributed by atoms with E-state index < -0.39 is 65.8 Å². The molecule has 15 nitrogen and oxygen atoms in total. The van der Waals surface area contributed by atoms with Crippen molar-refractivity contribution in [3.05, 3.63) is 87.5 Å². The standard InChI is InChI=1S/C31H32N2O13S.Na/c1-17-7-21(9-19(29(17)42)11-32(13-25(34)35)14-26(36)37)31(23-5-3-4-6-24(23)47(44,45)46-31)22-8-18(2)30(43)20(10-22)12-33(15-27(38)39)16-28(40)41;/h3-10,42-43H,11-16H2,1-2H3,(H,34,35)(H,36,37)(H,38,39)(H,40,41);. The number of benzene rings is 3. The zero-order chi connectivity index (χ0) is 34.8. The molecule has 0 unspecified atom stereocenters. The molecule has 0 fully saturated rings. The van der Waals surface area contributed by atoms with E-state index >= 15 is 0 Å². The van der Waals surface area contributed by atoms with E-state index in [-0.39, 0.29) is 98.0 Å². The van der Waals surface area contributed by atoms with Crippen LogP contribution in [0.3, 0.4) is 0 Å². The van der Waals surface area contributed by atoms with Crippen LogP contribution in [0.25, 0.3) is 0 Å². The van der Waals surface area contributed by atoms with E-state index in [0.717, 1.165) is 9.80 Å². The Morgan fingerprint density at radius 1 is 0.688 bits per heavy atom. The van der Waals surface area contributed by atoms with E-state index in [4.69, 9.17) is 4.18 Å². The maximum absolute atomic E-state index is 13.5. The summed E-state index contributed by atoms with van der Waals surface area (Å²) < 4.78 is 33.0. The molecule has 1 aliphatic heterocycles. The third kappa shape index (κ3) is 8.15. The number of nitrogens with zero attached hydrogens (tertiary/aromatic N) is 2. The number of phenolic OH excluding ortho intramolecular Hbond substituents is 2. The van der Waals surface area contributed by atoms with Gasteiger partial charge in [-0.25, -0.2) is 4.18 Å². The molecule has 1 heterocycles. The summed E-state index contributed by atoms with van der Waals surface area (Å²) in [6.45, 7) is -0.434.